The average Bonchev–Trinajstić information content (AvgIpc) is 3.03. The molecule has 2 aromatic heterocycles. The van der Waals surface area contributed by atoms with Crippen molar-refractivity contribution in [3.8, 4) is 0 Å². The summed E-state index contributed by atoms with van der Waals surface area (Å²) in [5, 5.41) is 6.27. The van der Waals surface area contributed by atoms with Gasteiger partial charge in [0.1, 0.15) is 16.5 Å². The van der Waals surface area contributed by atoms with Gasteiger partial charge >= 0.3 is 6.18 Å². The smallest absolute Gasteiger partial charge is 0.369 e. The molecule has 3 rings (SSSR count). The Balaban J connectivity index is 1.55. The number of hydrogen-bond donors (Lipinski definition) is 2. The van der Waals surface area contributed by atoms with E-state index in [1.807, 2.05) is 6.07 Å². The summed E-state index contributed by atoms with van der Waals surface area (Å²) < 4.78 is 56.8. The second-order valence-corrected chi connectivity index (χ2v) is 6.34. The van der Waals surface area contributed by atoms with Crippen molar-refractivity contribution in [2.75, 3.05) is 18.4 Å². The highest BCUT2D eigenvalue weighted by atomic mass is 32.1. The lowest BCUT2D eigenvalue weighted by atomic mass is 10.1. The molecule has 1 amide bonds. The zero-order valence-electron chi connectivity index (χ0n) is 13.8. The monoisotopic (exact) mass is 398 g/mol. The molecular weight excluding hydrogens is 384 g/mol. The Morgan fingerprint density at radius 2 is 1.96 bits per heavy atom. The van der Waals surface area contributed by atoms with Gasteiger partial charge in [-0.25, -0.2) is 9.37 Å². The summed E-state index contributed by atoms with van der Waals surface area (Å²) in [4.78, 5) is 17.0. The van der Waals surface area contributed by atoms with Gasteiger partial charge in [0.2, 0.25) is 0 Å². The normalized spacial score (nSPS) is 11.6. The number of pyridine rings is 1. The quantitative estimate of drug-likeness (QED) is 0.485. The second-order valence-electron chi connectivity index (χ2n) is 5.58. The van der Waals surface area contributed by atoms with Crippen molar-refractivity contribution in [1.29, 1.82) is 0 Å². The van der Waals surface area contributed by atoms with Gasteiger partial charge in [-0.1, -0.05) is 6.07 Å². The van der Waals surface area contributed by atoms with Crippen LogP contribution in [0.15, 0.2) is 36.5 Å². The van der Waals surface area contributed by atoms with Crippen LogP contribution >= 0.6 is 11.5 Å². The predicted octanol–water partition coefficient (Wildman–Crippen LogP) is 4.08. The van der Waals surface area contributed by atoms with Crippen LogP contribution in [0.25, 0.3) is 10.2 Å². The van der Waals surface area contributed by atoms with Crippen molar-refractivity contribution < 1.29 is 22.4 Å². The standard InChI is InChI=1S/C17H14F4N4OS/c18-12-6-1-5-11(17(19,20)21)13(12)15(26)23-9-3-8-22-14-10-4-2-7-24-16(10)27-25-14/h1-2,4-7H,3,8-9H2,(H,22,25)(H,23,26). The van der Waals surface area contributed by atoms with Crippen LogP contribution in [0, 0.1) is 5.82 Å². The number of benzene rings is 1. The number of fused-ring (bicyclic) bond motifs is 1. The highest BCUT2D eigenvalue weighted by Crippen LogP contribution is 2.33. The van der Waals surface area contributed by atoms with Crippen molar-refractivity contribution in [2.45, 2.75) is 12.6 Å². The minimum absolute atomic E-state index is 0.0811. The Hall–Kier alpha value is -2.75. The molecule has 2 heterocycles. The van der Waals surface area contributed by atoms with Crippen LogP contribution in [0.2, 0.25) is 0 Å². The molecule has 2 N–H and O–H groups in total. The fourth-order valence-corrected chi connectivity index (χ4v) is 3.20. The lowest BCUT2D eigenvalue weighted by Gasteiger charge is -2.13. The molecule has 0 fully saturated rings. The molecule has 0 spiro atoms. The Morgan fingerprint density at radius 1 is 1.15 bits per heavy atom. The number of amides is 1. The minimum atomic E-state index is -4.81. The van der Waals surface area contributed by atoms with Crippen LogP contribution in [0.3, 0.4) is 0 Å². The summed E-state index contributed by atoms with van der Waals surface area (Å²) in [6.45, 7) is 0.509. The summed E-state index contributed by atoms with van der Waals surface area (Å²) >= 11 is 1.24. The van der Waals surface area contributed by atoms with E-state index in [9.17, 15) is 22.4 Å². The number of halogens is 4. The van der Waals surface area contributed by atoms with Crippen LogP contribution in [-0.4, -0.2) is 28.4 Å². The fourth-order valence-electron chi connectivity index (χ4n) is 2.49. The summed E-state index contributed by atoms with van der Waals surface area (Å²) in [5.41, 5.74) is -2.28. The van der Waals surface area contributed by atoms with E-state index in [-0.39, 0.29) is 6.54 Å². The van der Waals surface area contributed by atoms with Crippen molar-refractivity contribution >= 4 is 33.5 Å². The van der Waals surface area contributed by atoms with E-state index >= 15 is 0 Å². The zero-order valence-corrected chi connectivity index (χ0v) is 14.6. The highest BCUT2D eigenvalue weighted by Gasteiger charge is 2.36. The minimum Gasteiger partial charge on any atom is -0.369 e. The maximum Gasteiger partial charge on any atom is 0.417 e. The Morgan fingerprint density at radius 3 is 2.74 bits per heavy atom. The third-order valence-electron chi connectivity index (χ3n) is 3.73. The summed E-state index contributed by atoms with van der Waals surface area (Å²) in [6, 6.07) is 6.08. The molecule has 0 saturated heterocycles. The first kappa shape index (κ1) is 19.0. The number of nitrogens with one attached hydrogen (secondary N) is 2. The maximum atomic E-state index is 13.8. The number of hydrogen-bond acceptors (Lipinski definition) is 5. The number of nitrogens with zero attached hydrogens (tertiary/aromatic N) is 2. The molecule has 1 aromatic carbocycles. The van der Waals surface area contributed by atoms with E-state index in [1.165, 1.54) is 11.5 Å². The third kappa shape index (κ3) is 4.33. The van der Waals surface area contributed by atoms with E-state index in [2.05, 4.69) is 20.0 Å². The van der Waals surface area contributed by atoms with Crippen molar-refractivity contribution in [2.24, 2.45) is 0 Å². The van der Waals surface area contributed by atoms with Crippen LogP contribution in [0.1, 0.15) is 22.3 Å². The van der Waals surface area contributed by atoms with Gasteiger partial charge < -0.3 is 10.6 Å². The van der Waals surface area contributed by atoms with Crippen LogP contribution < -0.4 is 10.6 Å². The topological polar surface area (TPSA) is 66.9 Å². The predicted molar refractivity (Wildman–Crippen MR) is 94.3 cm³/mol. The Bertz CT molecular complexity index is 958. The molecule has 5 nitrogen and oxygen atoms in total. The number of carbonyl (C=O) groups is 1. The lowest BCUT2D eigenvalue weighted by Crippen LogP contribution is -2.29. The van der Waals surface area contributed by atoms with E-state index in [0.29, 0.717) is 24.8 Å². The van der Waals surface area contributed by atoms with Gasteiger partial charge in [-0.15, -0.1) is 0 Å². The number of aromatic nitrogens is 2. The number of alkyl halides is 3. The molecule has 0 atom stereocenters. The molecule has 142 valence electrons. The zero-order chi connectivity index (χ0) is 19.4. The van der Waals surface area contributed by atoms with Crippen molar-refractivity contribution in [3.63, 3.8) is 0 Å². The summed E-state index contributed by atoms with van der Waals surface area (Å²) in [5.74, 6) is -1.64. The van der Waals surface area contributed by atoms with Gasteiger partial charge in [0.25, 0.3) is 5.91 Å². The fraction of sp³-hybridized carbons (Fsp3) is 0.235. The number of carbonyl (C=O) groups excluding carboxylic acids is 1. The van der Waals surface area contributed by atoms with E-state index in [0.717, 1.165) is 22.3 Å². The first-order chi connectivity index (χ1) is 12.9. The van der Waals surface area contributed by atoms with Gasteiger partial charge in [-0.3, -0.25) is 4.79 Å². The Labute approximate surface area is 155 Å². The molecule has 0 aliphatic rings. The maximum absolute atomic E-state index is 13.8. The second kappa shape index (κ2) is 7.87. The molecule has 3 aromatic rings. The van der Waals surface area contributed by atoms with Crippen LogP contribution in [0.4, 0.5) is 23.4 Å². The lowest BCUT2D eigenvalue weighted by molar-refractivity contribution is -0.138. The molecule has 0 bridgehead atoms. The van der Waals surface area contributed by atoms with Gasteiger partial charge in [0, 0.05) is 19.3 Å². The van der Waals surface area contributed by atoms with Crippen LogP contribution in [-0.2, 0) is 6.18 Å². The molecule has 0 aliphatic carbocycles. The number of anilines is 1. The molecular formula is C17H14F4N4OS. The molecule has 27 heavy (non-hydrogen) atoms. The molecule has 0 radical (unpaired) electrons. The van der Waals surface area contributed by atoms with Gasteiger partial charge in [0.15, 0.2) is 0 Å². The number of rotatable bonds is 6. The average molecular weight is 398 g/mol. The van der Waals surface area contributed by atoms with Gasteiger partial charge in [-0.2, -0.15) is 17.5 Å². The SMILES string of the molecule is O=C(NCCCNc1nsc2ncccc12)c1c(F)cccc1C(F)(F)F. The van der Waals surface area contributed by atoms with E-state index < -0.39 is 29.0 Å². The summed E-state index contributed by atoms with van der Waals surface area (Å²) in [7, 11) is 0. The van der Waals surface area contributed by atoms with Crippen LogP contribution in [0.5, 0.6) is 0 Å². The first-order valence-corrected chi connectivity index (χ1v) is 8.73. The molecule has 10 heteroatoms. The molecule has 0 aliphatic heterocycles. The molecule has 0 saturated carbocycles. The summed E-state index contributed by atoms with van der Waals surface area (Å²) in [6.07, 6.45) is -2.73. The van der Waals surface area contributed by atoms with Crippen molar-refractivity contribution in [1.82, 2.24) is 14.7 Å². The third-order valence-corrected chi connectivity index (χ3v) is 4.50. The van der Waals surface area contributed by atoms with Crippen molar-refractivity contribution in [3.05, 3.63) is 53.5 Å². The van der Waals surface area contributed by atoms with Gasteiger partial charge in [-0.05, 0) is 42.2 Å². The van der Waals surface area contributed by atoms with E-state index in [4.69, 9.17) is 0 Å². The molecule has 0 unspecified atom stereocenters. The van der Waals surface area contributed by atoms with Gasteiger partial charge in [0.05, 0.1) is 16.5 Å². The Kier molecular flexibility index (Phi) is 5.54. The first-order valence-electron chi connectivity index (χ1n) is 7.96. The highest BCUT2D eigenvalue weighted by molar-refractivity contribution is 7.13. The van der Waals surface area contributed by atoms with E-state index in [1.54, 1.807) is 12.3 Å². The largest absolute Gasteiger partial charge is 0.417 e.